The maximum absolute atomic E-state index is 11.9. The highest BCUT2D eigenvalue weighted by Crippen LogP contribution is 2.33. The molecular weight excluding hydrogens is 252 g/mol. The van der Waals surface area contributed by atoms with Gasteiger partial charge < -0.3 is 15.4 Å². The minimum atomic E-state index is -0.231. The van der Waals surface area contributed by atoms with Crippen LogP contribution in [0.4, 0.5) is 5.69 Å². The summed E-state index contributed by atoms with van der Waals surface area (Å²) in [5, 5.41) is 6.08. The summed E-state index contributed by atoms with van der Waals surface area (Å²) in [7, 11) is 0. The van der Waals surface area contributed by atoms with Crippen molar-refractivity contribution in [1.29, 1.82) is 0 Å². The van der Waals surface area contributed by atoms with Gasteiger partial charge in [0.15, 0.2) is 0 Å². The molecule has 1 amide bonds. The van der Waals surface area contributed by atoms with Crippen molar-refractivity contribution >= 4 is 11.6 Å². The smallest absolute Gasteiger partial charge is 0.246 e. The lowest BCUT2D eigenvalue weighted by Crippen LogP contribution is -2.27. The van der Waals surface area contributed by atoms with E-state index in [0.29, 0.717) is 5.92 Å². The number of benzene rings is 1. The molecule has 0 aromatic heterocycles. The second-order valence-electron chi connectivity index (χ2n) is 5.61. The molecule has 0 saturated heterocycles. The number of amides is 1. The Kier molecular flexibility index (Phi) is 5.01. The number of nitrogens with one attached hydrogen (secondary N) is 2. The standard InChI is InChI=1S/C16H24N2O2/c1-4-17-15-13-8-7-12(10-14(13)18-16(15)19)20-9-5-6-11(2)3/h7-8,10-11,15,17H,4-6,9H2,1-3H3,(H,18,19). The molecule has 20 heavy (non-hydrogen) atoms. The van der Waals surface area contributed by atoms with Crippen LogP contribution < -0.4 is 15.4 Å². The van der Waals surface area contributed by atoms with Gasteiger partial charge in [0.05, 0.1) is 6.61 Å². The number of hydrogen-bond acceptors (Lipinski definition) is 3. The Hall–Kier alpha value is -1.55. The SMILES string of the molecule is CCNC1C(=O)Nc2cc(OCCCC(C)C)ccc21. The third kappa shape index (κ3) is 3.51. The Bertz CT molecular complexity index is 472. The minimum absolute atomic E-state index is 0.0128. The van der Waals surface area contributed by atoms with Crippen LogP contribution in [0.25, 0.3) is 0 Å². The predicted molar refractivity (Wildman–Crippen MR) is 81.1 cm³/mol. The zero-order valence-corrected chi connectivity index (χ0v) is 12.5. The highest BCUT2D eigenvalue weighted by Gasteiger charge is 2.29. The Balaban J connectivity index is 1.96. The van der Waals surface area contributed by atoms with Crippen molar-refractivity contribution in [1.82, 2.24) is 5.32 Å². The van der Waals surface area contributed by atoms with Gasteiger partial charge in [-0.2, -0.15) is 0 Å². The van der Waals surface area contributed by atoms with E-state index >= 15 is 0 Å². The van der Waals surface area contributed by atoms with Gasteiger partial charge in [0.2, 0.25) is 5.91 Å². The highest BCUT2D eigenvalue weighted by molar-refractivity contribution is 6.02. The Labute approximate surface area is 120 Å². The lowest BCUT2D eigenvalue weighted by Gasteiger charge is -2.11. The predicted octanol–water partition coefficient (Wildman–Crippen LogP) is 3.10. The quantitative estimate of drug-likeness (QED) is 0.752. The normalized spacial score (nSPS) is 17.2. The van der Waals surface area contributed by atoms with Crippen LogP contribution in [-0.4, -0.2) is 19.1 Å². The number of carbonyl (C=O) groups excluding carboxylic acids is 1. The monoisotopic (exact) mass is 276 g/mol. The largest absolute Gasteiger partial charge is 0.494 e. The lowest BCUT2D eigenvalue weighted by atomic mass is 10.1. The molecule has 1 atom stereocenters. The van der Waals surface area contributed by atoms with Crippen molar-refractivity contribution in [2.24, 2.45) is 5.92 Å². The van der Waals surface area contributed by atoms with Crippen molar-refractivity contribution in [3.63, 3.8) is 0 Å². The van der Waals surface area contributed by atoms with Crippen LogP contribution >= 0.6 is 0 Å². The molecular formula is C16H24N2O2. The number of likely N-dealkylation sites (N-methyl/N-ethyl adjacent to an activating group) is 1. The van der Waals surface area contributed by atoms with E-state index in [0.717, 1.165) is 36.6 Å². The van der Waals surface area contributed by atoms with Crippen LogP contribution in [0.2, 0.25) is 0 Å². The van der Waals surface area contributed by atoms with Crippen molar-refractivity contribution < 1.29 is 9.53 Å². The summed E-state index contributed by atoms with van der Waals surface area (Å²) in [6, 6.07) is 5.60. The molecule has 1 aromatic carbocycles. The van der Waals surface area contributed by atoms with Crippen LogP contribution in [0.1, 0.15) is 45.2 Å². The van der Waals surface area contributed by atoms with Gasteiger partial charge in [0.25, 0.3) is 0 Å². The molecule has 0 fully saturated rings. The Morgan fingerprint density at radius 3 is 2.90 bits per heavy atom. The van der Waals surface area contributed by atoms with Gasteiger partial charge in [-0.25, -0.2) is 0 Å². The molecule has 0 radical (unpaired) electrons. The molecule has 4 heteroatoms. The first-order valence-electron chi connectivity index (χ1n) is 7.42. The Morgan fingerprint density at radius 2 is 2.20 bits per heavy atom. The molecule has 2 rings (SSSR count). The topological polar surface area (TPSA) is 50.4 Å². The van der Waals surface area contributed by atoms with Gasteiger partial charge in [0, 0.05) is 17.3 Å². The second kappa shape index (κ2) is 6.75. The van der Waals surface area contributed by atoms with E-state index in [2.05, 4.69) is 24.5 Å². The zero-order chi connectivity index (χ0) is 14.5. The third-order valence-electron chi connectivity index (χ3n) is 3.46. The first-order chi connectivity index (χ1) is 9.61. The fourth-order valence-corrected chi connectivity index (χ4v) is 2.42. The number of hydrogen-bond donors (Lipinski definition) is 2. The summed E-state index contributed by atoms with van der Waals surface area (Å²) in [6.45, 7) is 7.92. The molecule has 1 unspecified atom stereocenters. The van der Waals surface area contributed by atoms with E-state index in [4.69, 9.17) is 4.74 Å². The molecule has 1 aliphatic heterocycles. The Morgan fingerprint density at radius 1 is 1.40 bits per heavy atom. The summed E-state index contributed by atoms with van der Waals surface area (Å²) in [6.07, 6.45) is 2.23. The van der Waals surface area contributed by atoms with Crippen molar-refractivity contribution in [2.45, 2.75) is 39.7 Å². The van der Waals surface area contributed by atoms with Gasteiger partial charge in [-0.3, -0.25) is 4.79 Å². The van der Waals surface area contributed by atoms with E-state index in [1.807, 2.05) is 25.1 Å². The molecule has 1 aromatic rings. The molecule has 1 aliphatic rings. The van der Waals surface area contributed by atoms with Crippen LogP contribution in [0.3, 0.4) is 0 Å². The number of rotatable bonds is 7. The average molecular weight is 276 g/mol. The summed E-state index contributed by atoms with van der Waals surface area (Å²) in [4.78, 5) is 11.9. The van der Waals surface area contributed by atoms with Crippen LogP contribution in [0, 0.1) is 5.92 Å². The molecule has 0 spiro atoms. The summed E-state index contributed by atoms with van der Waals surface area (Å²) in [5.41, 5.74) is 1.87. The van der Waals surface area contributed by atoms with Crippen molar-refractivity contribution in [3.8, 4) is 5.75 Å². The maximum Gasteiger partial charge on any atom is 0.246 e. The lowest BCUT2D eigenvalue weighted by molar-refractivity contribution is -0.117. The highest BCUT2D eigenvalue weighted by atomic mass is 16.5. The molecule has 4 nitrogen and oxygen atoms in total. The van der Waals surface area contributed by atoms with Crippen LogP contribution in [-0.2, 0) is 4.79 Å². The number of carbonyl (C=O) groups is 1. The summed E-state index contributed by atoms with van der Waals surface area (Å²) >= 11 is 0. The fraction of sp³-hybridized carbons (Fsp3) is 0.562. The first kappa shape index (κ1) is 14.9. The fourth-order valence-electron chi connectivity index (χ4n) is 2.42. The number of ether oxygens (including phenoxy) is 1. The van der Waals surface area contributed by atoms with Crippen molar-refractivity contribution in [2.75, 3.05) is 18.5 Å². The van der Waals surface area contributed by atoms with Crippen molar-refractivity contribution in [3.05, 3.63) is 23.8 Å². The second-order valence-corrected chi connectivity index (χ2v) is 5.61. The van der Waals surface area contributed by atoms with E-state index in [1.54, 1.807) is 0 Å². The minimum Gasteiger partial charge on any atom is -0.494 e. The maximum atomic E-state index is 11.9. The molecule has 110 valence electrons. The number of fused-ring (bicyclic) bond motifs is 1. The van der Waals surface area contributed by atoms with Gasteiger partial charge in [-0.15, -0.1) is 0 Å². The third-order valence-corrected chi connectivity index (χ3v) is 3.46. The molecule has 0 aliphatic carbocycles. The van der Waals surface area contributed by atoms with Crippen LogP contribution in [0.15, 0.2) is 18.2 Å². The number of anilines is 1. The van der Waals surface area contributed by atoms with Crippen LogP contribution in [0.5, 0.6) is 5.75 Å². The van der Waals surface area contributed by atoms with E-state index < -0.39 is 0 Å². The van der Waals surface area contributed by atoms with Gasteiger partial charge in [0.1, 0.15) is 11.8 Å². The van der Waals surface area contributed by atoms with E-state index in [9.17, 15) is 4.79 Å². The van der Waals surface area contributed by atoms with E-state index in [-0.39, 0.29) is 11.9 Å². The molecule has 0 saturated carbocycles. The van der Waals surface area contributed by atoms with Gasteiger partial charge in [-0.05, 0) is 31.4 Å². The van der Waals surface area contributed by atoms with Gasteiger partial charge >= 0.3 is 0 Å². The summed E-state index contributed by atoms with van der Waals surface area (Å²) in [5.74, 6) is 1.54. The zero-order valence-electron chi connectivity index (χ0n) is 12.5. The average Bonchev–Trinajstić information content (AvgIpc) is 2.71. The first-order valence-corrected chi connectivity index (χ1v) is 7.42. The summed E-state index contributed by atoms with van der Waals surface area (Å²) < 4.78 is 5.74. The van der Waals surface area contributed by atoms with E-state index in [1.165, 1.54) is 6.42 Å². The molecule has 1 heterocycles. The molecule has 0 bridgehead atoms. The van der Waals surface area contributed by atoms with Gasteiger partial charge in [-0.1, -0.05) is 26.8 Å². The molecule has 2 N–H and O–H groups in total.